The van der Waals surface area contributed by atoms with Crippen molar-refractivity contribution < 1.29 is 29.7 Å². The molecule has 126 heavy (non-hydrogen) atoms. The quantitative estimate of drug-likeness (QED) is 0.0401. The molecule has 0 spiro atoms. The average molecular weight is 1830 g/mol. The normalized spacial score (nSPS) is 16.7. The number of H-pyrrole nitrogens is 8. The number of pyridine rings is 4. The lowest BCUT2D eigenvalue weighted by atomic mass is 9.84. The lowest BCUT2D eigenvalue weighted by molar-refractivity contribution is -0.139. The van der Waals surface area contributed by atoms with Gasteiger partial charge in [-0.2, -0.15) is 0 Å². The van der Waals surface area contributed by atoms with Crippen molar-refractivity contribution in [1.82, 2.24) is 78.7 Å². The molecule has 31 heteroatoms. The van der Waals surface area contributed by atoms with Gasteiger partial charge in [-0.15, -0.1) is 0 Å². The summed E-state index contributed by atoms with van der Waals surface area (Å²) >= 11 is 26.1. The Hall–Kier alpha value is -12.6. The summed E-state index contributed by atoms with van der Waals surface area (Å²) in [6.07, 6.45) is 12.1. The molecule has 4 aliphatic rings. The van der Waals surface area contributed by atoms with E-state index < -0.39 is 35.4 Å². The summed E-state index contributed by atoms with van der Waals surface area (Å²) in [6, 6.07) is 71.3. The molecule has 7 aromatic carbocycles. The predicted octanol–water partition coefficient (Wildman–Crippen LogP) is 15.1. The van der Waals surface area contributed by atoms with Crippen LogP contribution in [0.4, 0.5) is 0 Å². The summed E-state index contributed by atoms with van der Waals surface area (Å²) in [7, 11) is 0. The zero-order valence-electron chi connectivity index (χ0n) is 68.5. The maximum atomic E-state index is 13.9. The number of nitrogens with zero attached hydrogens (tertiary/aromatic N) is 8. The number of carbonyl (C=O) groups excluding carboxylic acids is 3. The van der Waals surface area contributed by atoms with E-state index in [2.05, 4.69) is 111 Å². The SMILES string of the molecule is C=C(C(c1ccccc1)n1ccc2[nH][nH]c(=O)c2c1=S)N1CCC(c2ccccc2)CC1.O=C(C(c1ccccc1)n1ccc2[nH][nH]c(=O)c2c1=S)N1CCC(O)(c2ccc(Br)cc2)CC1.O=C(C(c1ccccc1)n1ccc2[nH][nH]c(=O)c2c1=S)N1CCC(O)(c2ccccc2)CC1.O=C(C(c1ccccc1)n1ccc2[nH][nH]c(=O)c2c1=S)N1CCCC(O)C1. The fourth-order valence-electron chi connectivity index (χ4n) is 17.7. The molecule has 26 nitrogen and oxygen atoms in total. The first-order chi connectivity index (χ1) is 61.0. The lowest BCUT2D eigenvalue weighted by Crippen LogP contribution is -2.47. The lowest BCUT2D eigenvalue weighted by Gasteiger charge is -2.40. The third-order valence-electron chi connectivity index (χ3n) is 24.6. The van der Waals surface area contributed by atoms with Gasteiger partial charge >= 0.3 is 0 Å². The molecule has 5 atom stereocenters. The van der Waals surface area contributed by atoms with Crippen LogP contribution in [-0.4, -0.2) is 170 Å². The van der Waals surface area contributed by atoms with E-state index in [0.29, 0.717) is 134 Å². The molecule has 12 heterocycles. The van der Waals surface area contributed by atoms with E-state index in [1.807, 2.05) is 181 Å². The van der Waals surface area contributed by atoms with Crippen molar-refractivity contribution >= 4 is 126 Å². The molecule has 8 aromatic heterocycles. The summed E-state index contributed by atoms with van der Waals surface area (Å²) in [4.78, 5) is 97.8. The van der Waals surface area contributed by atoms with Crippen LogP contribution in [0.1, 0.15) is 120 Å². The van der Waals surface area contributed by atoms with Crippen LogP contribution in [0.15, 0.2) is 291 Å². The number of halogens is 1. The Morgan fingerprint density at radius 3 is 1.01 bits per heavy atom. The zero-order valence-corrected chi connectivity index (χ0v) is 73.4. The van der Waals surface area contributed by atoms with Gasteiger partial charge < -0.3 is 53.2 Å². The van der Waals surface area contributed by atoms with Crippen molar-refractivity contribution in [1.29, 1.82) is 0 Å². The highest BCUT2D eigenvalue weighted by atomic mass is 79.9. The van der Waals surface area contributed by atoms with E-state index in [1.54, 1.807) is 65.2 Å². The number of piperidine rings is 4. The minimum atomic E-state index is -0.979. The van der Waals surface area contributed by atoms with Gasteiger partial charge in [0, 0.05) is 87.3 Å². The Morgan fingerprint density at radius 1 is 0.365 bits per heavy atom. The Labute approximate surface area is 751 Å². The molecule has 0 aliphatic carbocycles. The molecule has 19 rings (SSSR count). The second-order valence-corrected chi connectivity index (χ2v) is 34.6. The maximum absolute atomic E-state index is 13.9. The number of carbonyl (C=O) groups is 3. The van der Waals surface area contributed by atoms with Crippen molar-refractivity contribution in [2.24, 2.45) is 0 Å². The second kappa shape index (κ2) is 38.1. The van der Waals surface area contributed by atoms with Crippen molar-refractivity contribution in [2.45, 2.75) is 98.8 Å². The molecule has 0 radical (unpaired) electrons. The van der Waals surface area contributed by atoms with Gasteiger partial charge in [0.25, 0.3) is 22.2 Å². The van der Waals surface area contributed by atoms with Gasteiger partial charge in [-0.3, -0.25) is 74.4 Å². The van der Waals surface area contributed by atoms with E-state index in [-0.39, 0.29) is 46.0 Å². The zero-order chi connectivity index (χ0) is 87.9. The highest BCUT2D eigenvalue weighted by molar-refractivity contribution is 9.10. The topological polar surface area (TPSA) is 339 Å². The number of benzene rings is 7. The Morgan fingerprint density at radius 2 is 0.667 bits per heavy atom. The van der Waals surface area contributed by atoms with E-state index in [0.717, 1.165) is 81.4 Å². The Kier molecular flexibility index (Phi) is 26.3. The number of β-amino-alcohol motifs (C(OH)–C–C–N with tert-alkyl or cyclic N) is 1. The number of rotatable bonds is 16. The number of likely N-dealkylation sites (tertiary alicyclic amines) is 4. The molecule has 11 N–H and O–H groups in total. The van der Waals surface area contributed by atoms with E-state index in [1.165, 1.54) is 5.56 Å². The minimum Gasteiger partial charge on any atom is -0.391 e. The largest absolute Gasteiger partial charge is 0.391 e. The van der Waals surface area contributed by atoms with Crippen molar-refractivity contribution in [3.05, 3.63) is 371 Å². The number of hydrogen-bond acceptors (Lipinski definition) is 15. The van der Waals surface area contributed by atoms with Gasteiger partial charge in [0.15, 0.2) is 0 Å². The van der Waals surface area contributed by atoms with Gasteiger partial charge in [0.1, 0.15) is 58.2 Å². The van der Waals surface area contributed by atoms with E-state index in [4.69, 9.17) is 48.9 Å². The Bertz CT molecular complexity index is 6950. The van der Waals surface area contributed by atoms with Crippen LogP contribution in [0.25, 0.3) is 43.6 Å². The molecule has 3 amide bonds. The van der Waals surface area contributed by atoms with Crippen LogP contribution in [0.5, 0.6) is 0 Å². The molecule has 0 saturated carbocycles. The first-order valence-corrected chi connectivity index (χ1v) is 44.2. The number of amides is 3. The van der Waals surface area contributed by atoms with Crippen molar-refractivity contribution in [3.8, 4) is 0 Å². The van der Waals surface area contributed by atoms with Gasteiger partial charge in [-0.1, -0.05) is 266 Å². The van der Waals surface area contributed by atoms with Crippen LogP contribution >= 0.6 is 64.8 Å². The van der Waals surface area contributed by atoms with Crippen molar-refractivity contribution in [3.63, 3.8) is 0 Å². The van der Waals surface area contributed by atoms with Gasteiger partial charge in [0.05, 0.1) is 45.4 Å². The van der Waals surface area contributed by atoms with Crippen molar-refractivity contribution in [2.75, 3.05) is 52.4 Å². The number of allylic oxidation sites excluding steroid dienone is 1. The smallest absolute Gasteiger partial charge is 0.274 e. The number of nitrogens with one attached hydrogen (secondary N) is 8. The van der Waals surface area contributed by atoms with E-state index in [9.17, 15) is 48.9 Å². The summed E-state index contributed by atoms with van der Waals surface area (Å²) in [5.74, 6) is 0.208. The monoisotopic (exact) mass is 1820 g/mol. The highest BCUT2D eigenvalue weighted by Crippen LogP contribution is 2.40. The van der Waals surface area contributed by atoms with Crippen LogP contribution in [0, 0.1) is 18.6 Å². The van der Waals surface area contributed by atoms with E-state index >= 15 is 0 Å². The standard InChI is InChI=1S/C26H26N4OS.C25H23BrN4O3S.C25H24N4O3S.C19H20N4O3S/c1-18(29-15-12-20(13-16-29)19-8-4-2-5-9-19)24(21-10-6-3-7-11-21)30-17-14-22-23(26(30)32)25(31)28-27-22;26-18-8-6-17(7-9-18)25(33)11-14-29(15-12-25)23(32)21(16-4-2-1-3-5-16)30-13-10-19-20(24(30)34)22(31)28-27-19;30-22-20-19(26-27-22)11-14-29(24(20)33)21(17-7-3-1-4-8-17)23(31)28-15-12-25(32,13-16-28)18-9-5-2-6-10-18;24-13-7-4-9-22(11-13)18(26)16(12-5-2-1-3-6-12)23-10-8-14-15(19(23)27)17(25)21-20-14/h2-11,14,17,20,24H,1,12-13,15-16H2,(H2,27,28,31);1-10,13,21,33H,11-12,14-15H2,(H2,27,28,31);1-11,14,21,32H,12-13,15-16H2,(H2,26,27,30);1-3,5-6,8,10,13,16,24H,4,7,9,11H2,(H2,20,21,25). The molecule has 5 unspecified atom stereocenters. The molecule has 0 bridgehead atoms. The molecular weight excluding hydrogens is 1730 g/mol. The fraction of sp³-hybridized carbons (Fsp3) is 0.253. The predicted molar refractivity (Wildman–Crippen MR) is 500 cm³/mol. The maximum Gasteiger partial charge on any atom is 0.274 e. The average Bonchev–Trinajstić information content (AvgIpc) is 1.52. The van der Waals surface area contributed by atoms with Gasteiger partial charge in [0.2, 0.25) is 17.7 Å². The van der Waals surface area contributed by atoms with Crippen LogP contribution < -0.4 is 22.2 Å². The summed E-state index contributed by atoms with van der Waals surface area (Å²) in [5, 5.41) is 55.6. The molecule has 4 saturated heterocycles. The van der Waals surface area contributed by atoms with Crippen LogP contribution in [0.3, 0.4) is 0 Å². The minimum absolute atomic E-state index is 0.112. The van der Waals surface area contributed by atoms with Gasteiger partial charge in [-0.05, 0) is 133 Å². The Balaban J connectivity index is 0.000000124. The molecule has 644 valence electrons. The summed E-state index contributed by atoms with van der Waals surface area (Å²) < 4.78 is 9.41. The molecule has 4 fully saturated rings. The summed E-state index contributed by atoms with van der Waals surface area (Å²) in [5.41, 5.74) is 7.06. The first kappa shape index (κ1) is 86.9. The molecule has 15 aromatic rings. The number of aliphatic hydroxyl groups excluding tert-OH is 1. The van der Waals surface area contributed by atoms with Crippen LogP contribution in [-0.2, 0) is 25.6 Å². The summed E-state index contributed by atoms with van der Waals surface area (Å²) in [6.45, 7) is 9.00. The van der Waals surface area contributed by atoms with Crippen LogP contribution in [0.2, 0.25) is 0 Å². The number of aromatic amines is 8. The second-order valence-electron chi connectivity index (χ2n) is 32.2. The number of fused-ring (bicyclic) bond motifs is 4. The third-order valence-corrected chi connectivity index (χ3v) is 26.8. The molecule has 4 aliphatic heterocycles. The third kappa shape index (κ3) is 18.2. The highest BCUT2D eigenvalue weighted by Gasteiger charge is 2.41. The molecular formula is C95H93BrN16O10S4. The fourth-order valence-corrected chi connectivity index (χ4v) is 19.5. The number of aromatic nitrogens is 12. The number of hydrogen-bond donors (Lipinski definition) is 11. The van der Waals surface area contributed by atoms with Gasteiger partial charge in [-0.25, -0.2) is 0 Å². The number of aliphatic hydroxyl groups is 3. The first-order valence-electron chi connectivity index (χ1n) is 41.8.